The summed E-state index contributed by atoms with van der Waals surface area (Å²) in [6.07, 6.45) is 3.93. The summed E-state index contributed by atoms with van der Waals surface area (Å²) in [5, 5.41) is 0. The monoisotopic (exact) mass is 273 g/mol. The molecule has 2 rings (SSSR count). The van der Waals surface area contributed by atoms with Gasteiger partial charge in [-0.05, 0) is 68.4 Å². The molecule has 1 nitrogen and oxygen atoms in total. The first-order chi connectivity index (χ1) is 9.31. The van der Waals surface area contributed by atoms with Crippen molar-refractivity contribution in [2.45, 2.75) is 59.8 Å². The zero-order valence-electron chi connectivity index (χ0n) is 13.9. The standard InChI is InChI=1S/C19H31N/c1-13-8-14(2)10-16(9-13)18-11-17(19(3,4)5)7-6-15(18)12-20/h8-10,15,17-18H,6-7,11-12,20H2,1-5H3. The molecule has 0 bridgehead atoms. The van der Waals surface area contributed by atoms with E-state index in [9.17, 15) is 0 Å². The number of aryl methyl sites for hydroxylation is 2. The van der Waals surface area contributed by atoms with E-state index in [1.54, 1.807) is 0 Å². The van der Waals surface area contributed by atoms with Gasteiger partial charge in [0.15, 0.2) is 0 Å². The molecule has 1 fully saturated rings. The second-order valence-electron chi connectivity index (χ2n) is 7.90. The molecule has 1 aliphatic carbocycles. The third-order valence-electron chi connectivity index (χ3n) is 5.19. The van der Waals surface area contributed by atoms with Crippen LogP contribution in [0.3, 0.4) is 0 Å². The lowest BCUT2D eigenvalue weighted by atomic mass is 9.64. The van der Waals surface area contributed by atoms with E-state index in [1.807, 2.05) is 0 Å². The van der Waals surface area contributed by atoms with Crippen molar-refractivity contribution in [1.82, 2.24) is 0 Å². The van der Waals surface area contributed by atoms with Gasteiger partial charge in [0.2, 0.25) is 0 Å². The minimum absolute atomic E-state index is 0.413. The molecule has 20 heavy (non-hydrogen) atoms. The summed E-state index contributed by atoms with van der Waals surface area (Å²) in [5.41, 5.74) is 10.8. The van der Waals surface area contributed by atoms with Gasteiger partial charge in [-0.15, -0.1) is 0 Å². The van der Waals surface area contributed by atoms with Crippen molar-refractivity contribution in [3.05, 3.63) is 34.9 Å². The SMILES string of the molecule is Cc1cc(C)cc(C2CC(C(C)(C)C)CCC2CN)c1. The molecular weight excluding hydrogens is 242 g/mol. The molecule has 0 heterocycles. The average Bonchev–Trinajstić information content (AvgIpc) is 2.35. The lowest BCUT2D eigenvalue weighted by molar-refractivity contribution is 0.133. The maximum Gasteiger partial charge on any atom is -0.00430 e. The maximum atomic E-state index is 6.06. The third-order valence-corrected chi connectivity index (χ3v) is 5.19. The Morgan fingerprint density at radius 1 is 1.05 bits per heavy atom. The number of benzene rings is 1. The van der Waals surface area contributed by atoms with Crippen molar-refractivity contribution in [3.8, 4) is 0 Å². The van der Waals surface area contributed by atoms with E-state index >= 15 is 0 Å². The second kappa shape index (κ2) is 5.89. The number of rotatable bonds is 2. The predicted octanol–water partition coefficient (Wildman–Crippen LogP) is 4.81. The number of hydrogen-bond acceptors (Lipinski definition) is 1. The summed E-state index contributed by atoms with van der Waals surface area (Å²) in [7, 11) is 0. The second-order valence-corrected chi connectivity index (χ2v) is 7.90. The molecule has 1 aliphatic rings. The molecular formula is C19H31N. The first-order valence-corrected chi connectivity index (χ1v) is 8.09. The van der Waals surface area contributed by atoms with Crippen molar-refractivity contribution in [1.29, 1.82) is 0 Å². The highest BCUT2D eigenvalue weighted by Gasteiger charge is 2.36. The minimum Gasteiger partial charge on any atom is -0.330 e. The highest BCUT2D eigenvalue weighted by Crippen LogP contribution is 2.46. The third kappa shape index (κ3) is 3.44. The van der Waals surface area contributed by atoms with Gasteiger partial charge in [-0.3, -0.25) is 0 Å². The van der Waals surface area contributed by atoms with Gasteiger partial charge < -0.3 is 5.73 Å². The lowest BCUT2D eigenvalue weighted by Gasteiger charge is -2.42. The predicted molar refractivity (Wildman–Crippen MR) is 88.0 cm³/mol. The van der Waals surface area contributed by atoms with Gasteiger partial charge in [0.05, 0.1) is 0 Å². The molecule has 2 N–H and O–H groups in total. The van der Waals surface area contributed by atoms with Gasteiger partial charge in [0, 0.05) is 0 Å². The van der Waals surface area contributed by atoms with Gasteiger partial charge in [-0.1, -0.05) is 50.1 Å². The van der Waals surface area contributed by atoms with Gasteiger partial charge in [0.1, 0.15) is 0 Å². The van der Waals surface area contributed by atoms with Crippen LogP contribution in [-0.2, 0) is 0 Å². The summed E-state index contributed by atoms with van der Waals surface area (Å²) in [5.74, 6) is 2.13. The summed E-state index contributed by atoms with van der Waals surface area (Å²) < 4.78 is 0. The minimum atomic E-state index is 0.413. The molecule has 1 aromatic carbocycles. The van der Waals surface area contributed by atoms with E-state index < -0.39 is 0 Å². The Morgan fingerprint density at radius 3 is 2.15 bits per heavy atom. The molecule has 1 heteroatoms. The normalized spacial score (nSPS) is 27.6. The molecule has 112 valence electrons. The van der Waals surface area contributed by atoms with Gasteiger partial charge in [-0.25, -0.2) is 0 Å². The van der Waals surface area contributed by atoms with Crippen LogP contribution in [-0.4, -0.2) is 6.54 Å². The van der Waals surface area contributed by atoms with Crippen LogP contribution in [0.4, 0.5) is 0 Å². The van der Waals surface area contributed by atoms with Crippen molar-refractivity contribution < 1.29 is 0 Å². The molecule has 1 saturated carbocycles. The molecule has 3 unspecified atom stereocenters. The maximum absolute atomic E-state index is 6.06. The van der Waals surface area contributed by atoms with Crippen LogP contribution in [0.25, 0.3) is 0 Å². The van der Waals surface area contributed by atoms with Crippen LogP contribution in [0.5, 0.6) is 0 Å². The number of nitrogens with two attached hydrogens (primary N) is 1. The Kier molecular flexibility index (Phi) is 4.59. The van der Waals surface area contributed by atoms with E-state index in [4.69, 9.17) is 5.73 Å². The van der Waals surface area contributed by atoms with Crippen LogP contribution in [0.15, 0.2) is 18.2 Å². The Balaban J connectivity index is 2.29. The highest BCUT2D eigenvalue weighted by atomic mass is 14.6. The smallest absolute Gasteiger partial charge is 0.00430 e. The van der Waals surface area contributed by atoms with E-state index in [1.165, 1.54) is 36.0 Å². The average molecular weight is 273 g/mol. The summed E-state index contributed by atoms with van der Waals surface area (Å²) in [6.45, 7) is 12.4. The molecule has 0 aliphatic heterocycles. The van der Waals surface area contributed by atoms with Crippen molar-refractivity contribution in [2.24, 2.45) is 23.0 Å². The fourth-order valence-corrected chi connectivity index (χ4v) is 3.93. The van der Waals surface area contributed by atoms with Crippen LogP contribution in [0.2, 0.25) is 0 Å². The van der Waals surface area contributed by atoms with Gasteiger partial charge >= 0.3 is 0 Å². The van der Waals surface area contributed by atoms with Crippen LogP contribution >= 0.6 is 0 Å². The molecule has 1 aromatic rings. The summed E-state index contributed by atoms with van der Waals surface area (Å²) in [4.78, 5) is 0. The molecule has 0 spiro atoms. The van der Waals surface area contributed by atoms with Crippen molar-refractivity contribution >= 4 is 0 Å². The molecule has 0 saturated heterocycles. The zero-order valence-corrected chi connectivity index (χ0v) is 13.9. The summed E-state index contributed by atoms with van der Waals surface area (Å²) in [6, 6.07) is 7.03. The van der Waals surface area contributed by atoms with Crippen molar-refractivity contribution in [3.63, 3.8) is 0 Å². The molecule has 3 atom stereocenters. The fourth-order valence-electron chi connectivity index (χ4n) is 3.93. The zero-order chi connectivity index (χ0) is 14.9. The summed E-state index contributed by atoms with van der Waals surface area (Å²) >= 11 is 0. The van der Waals surface area contributed by atoms with E-state index in [0.29, 0.717) is 17.3 Å². The van der Waals surface area contributed by atoms with Gasteiger partial charge in [-0.2, -0.15) is 0 Å². The van der Waals surface area contributed by atoms with E-state index in [-0.39, 0.29) is 0 Å². The highest BCUT2D eigenvalue weighted by molar-refractivity contribution is 5.32. The Morgan fingerprint density at radius 2 is 1.65 bits per heavy atom. The Labute approximate surface area is 125 Å². The van der Waals surface area contributed by atoms with Crippen LogP contribution in [0, 0.1) is 31.1 Å². The Hall–Kier alpha value is -0.820. The van der Waals surface area contributed by atoms with Crippen LogP contribution in [0.1, 0.15) is 62.6 Å². The molecule has 0 radical (unpaired) electrons. The molecule has 0 amide bonds. The van der Waals surface area contributed by atoms with Crippen LogP contribution < -0.4 is 5.73 Å². The fraction of sp³-hybridized carbons (Fsp3) is 0.684. The quantitative estimate of drug-likeness (QED) is 0.822. The van der Waals surface area contributed by atoms with E-state index in [0.717, 1.165) is 12.5 Å². The van der Waals surface area contributed by atoms with Gasteiger partial charge in [0.25, 0.3) is 0 Å². The molecule has 0 aromatic heterocycles. The number of hydrogen-bond donors (Lipinski definition) is 1. The first kappa shape index (κ1) is 15.6. The largest absolute Gasteiger partial charge is 0.330 e. The van der Waals surface area contributed by atoms with E-state index in [2.05, 4.69) is 52.8 Å². The lowest BCUT2D eigenvalue weighted by Crippen LogP contribution is -2.34. The topological polar surface area (TPSA) is 26.0 Å². The first-order valence-electron chi connectivity index (χ1n) is 8.09. The van der Waals surface area contributed by atoms with Crippen molar-refractivity contribution in [2.75, 3.05) is 6.54 Å². The Bertz CT molecular complexity index is 435.